The molecule has 2 aliphatic rings. The zero-order chi connectivity index (χ0) is 15.1. The van der Waals surface area contributed by atoms with Crippen molar-refractivity contribution in [1.29, 1.82) is 0 Å². The molecule has 2 fully saturated rings. The Bertz CT molecular complexity index is 721. The standard InChI is InChI=1S/C16H20N4OS.FH.H2/c1-10-3-2-8-20(9-10)16-18-12-6-7-17-14(13(12)22-16)19-15(21)11-4-5-11;;/h6-7,10-11H,2-5,8-9H2,1H3,(H,17,19,21);2*1H/t10-;;/m1../s1. The molecule has 126 valence electrons. The van der Waals surface area contributed by atoms with E-state index < -0.39 is 0 Å². The Labute approximate surface area is 140 Å². The normalized spacial score (nSPS) is 21.1. The van der Waals surface area contributed by atoms with Gasteiger partial charge in [-0.2, -0.15) is 0 Å². The second-order valence-electron chi connectivity index (χ2n) is 6.46. The fraction of sp³-hybridized carbons (Fsp3) is 0.562. The van der Waals surface area contributed by atoms with Crippen LogP contribution in [0.4, 0.5) is 15.7 Å². The van der Waals surface area contributed by atoms with Gasteiger partial charge in [-0.1, -0.05) is 18.3 Å². The minimum atomic E-state index is 0. The maximum atomic E-state index is 12.0. The maximum absolute atomic E-state index is 12.0. The lowest BCUT2D eigenvalue weighted by atomic mass is 10.0. The van der Waals surface area contributed by atoms with E-state index >= 15 is 0 Å². The maximum Gasteiger partial charge on any atom is 0.228 e. The Kier molecular flexibility index (Phi) is 4.48. The number of thiazole rings is 1. The van der Waals surface area contributed by atoms with Crippen molar-refractivity contribution < 1.29 is 10.9 Å². The number of hydrogen-bond donors (Lipinski definition) is 1. The average Bonchev–Trinajstić information content (AvgIpc) is 3.26. The molecule has 1 atom stereocenters. The highest BCUT2D eigenvalue weighted by atomic mass is 32.1. The van der Waals surface area contributed by atoms with Crippen LogP contribution in [0.15, 0.2) is 12.3 Å². The van der Waals surface area contributed by atoms with Crippen molar-refractivity contribution in [1.82, 2.24) is 9.97 Å². The van der Waals surface area contributed by atoms with Gasteiger partial charge in [-0.15, -0.1) is 0 Å². The number of carbonyl (C=O) groups is 1. The van der Waals surface area contributed by atoms with Crippen molar-refractivity contribution in [3.63, 3.8) is 0 Å². The number of rotatable bonds is 3. The van der Waals surface area contributed by atoms with Crippen LogP contribution in [0.1, 0.15) is 34.0 Å². The van der Waals surface area contributed by atoms with Gasteiger partial charge in [0, 0.05) is 26.6 Å². The molecule has 1 saturated heterocycles. The third kappa shape index (κ3) is 3.29. The van der Waals surface area contributed by atoms with E-state index in [0.717, 1.165) is 41.3 Å². The minimum absolute atomic E-state index is 0. The molecule has 3 heterocycles. The number of nitrogens with zero attached hydrogens (tertiary/aromatic N) is 3. The van der Waals surface area contributed by atoms with Crippen LogP contribution in [0.2, 0.25) is 0 Å². The molecule has 2 aromatic heterocycles. The molecule has 2 aromatic rings. The van der Waals surface area contributed by atoms with Gasteiger partial charge in [0.15, 0.2) is 10.9 Å². The zero-order valence-corrected chi connectivity index (χ0v) is 13.9. The van der Waals surface area contributed by atoms with Gasteiger partial charge in [0.2, 0.25) is 5.91 Å². The van der Waals surface area contributed by atoms with E-state index in [1.54, 1.807) is 17.5 Å². The number of fused-ring (bicyclic) bond motifs is 1. The molecule has 1 aliphatic carbocycles. The van der Waals surface area contributed by atoms with Crippen molar-refractivity contribution in [2.24, 2.45) is 11.8 Å². The molecule has 1 saturated carbocycles. The summed E-state index contributed by atoms with van der Waals surface area (Å²) in [5.41, 5.74) is 0.930. The molecule has 23 heavy (non-hydrogen) atoms. The second-order valence-corrected chi connectivity index (χ2v) is 7.44. The number of halogens is 1. The number of anilines is 2. The van der Waals surface area contributed by atoms with Gasteiger partial charge in [-0.05, 0) is 37.7 Å². The number of aromatic nitrogens is 2. The number of hydrogen-bond acceptors (Lipinski definition) is 5. The largest absolute Gasteiger partial charge is 0.348 e. The first-order valence-corrected chi connectivity index (χ1v) is 8.83. The summed E-state index contributed by atoms with van der Waals surface area (Å²) >= 11 is 1.64. The molecule has 0 aromatic carbocycles. The summed E-state index contributed by atoms with van der Waals surface area (Å²) in [4.78, 5) is 23.5. The van der Waals surface area contributed by atoms with Crippen LogP contribution in [-0.2, 0) is 4.79 Å². The zero-order valence-electron chi connectivity index (χ0n) is 13.1. The van der Waals surface area contributed by atoms with Gasteiger partial charge in [0.25, 0.3) is 0 Å². The molecule has 0 spiro atoms. The van der Waals surface area contributed by atoms with E-state index in [9.17, 15) is 4.79 Å². The van der Waals surface area contributed by atoms with Crippen molar-refractivity contribution in [3.05, 3.63) is 12.3 Å². The number of carbonyl (C=O) groups excluding carboxylic acids is 1. The quantitative estimate of drug-likeness (QED) is 0.927. The summed E-state index contributed by atoms with van der Waals surface area (Å²) in [7, 11) is 0. The van der Waals surface area contributed by atoms with E-state index in [4.69, 9.17) is 4.98 Å². The first-order chi connectivity index (χ1) is 10.7. The number of piperidine rings is 1. The van der Waals surface area contributed by atoms with Crippen LogP contribution in [0.25, 0.3) is 10.2 Å². The summed E-state index contributed by atoms with van der Waals surface area (Å²) in [5.74, 6) is 1.67. The van der Waals surface area contributed by atoms with Gasteiger partial charge in [0.05, 0.1) is 10.2 Å². The molecule has 0 unspecified atom stereocenters. The van der Waals surface area contributed by atoms with E-state index in [1.165, 1.54) is 12.8 Å². The Balaban J connectivity index is 0.00000104. The van der Waals surface area contributed by atoms with E-state index in [1.807, 2.05) is 6.07 Å². The van der Waals surface area contributed by atoms with Gasteiger partial charge in [-0.3, -0.25) is 9.50 Å². The number of pyridine rings is 1. The third-order valence-corrected chi connectivity index (χ3v) is 5.55. The minimum Gasteiger partial charge on any atom is -0.348 e. The fourth-order valence-electron chi connectivity index (χ4n) is 3.00. The Morgan fingerprint density at radius 1 is 1.43 bits per heavy atom. The number of amides is 1. The monoisotopic (exact) mass is 338 g/mol. The molecule has 5 nitrogen and oxygen atoms in total. The lowest BCUT2D eigenvalue weighted by molar-refractivity contribution is -0.117. The molecule has 1 N–H and O–H groups in total. The second kappa shape index (κ2) is 6.39. The molecule has 1 aliphatic heterocycles. The van der Waals surface area contributed by atoms with Gasteiger partial charge >= 0.3 is 0 Å². The lowest BCUT2D eigenvalue weighted by Gasteiger charge is -2.30. The van der Waals surface area contributed by atoms with Crippen molar-refractivity contribution in [3.8, 4) is 0 Å². The van der Waals surface area contributed by atoms with Gasteiger partial charge < -0.3 is 10.2 Å². The summed E-state index contributed by atoms with van der Waals surface area (Å²) < 4.78 is 0.990. The SMILES string of the molecule is C[C@@H]1CCCN(c2nc3ccnc(NC(=O)C4CC4)c3s2)C1.F.[HH]. The third-order valence-electron chi connectivity index (χ3n) is 4.41. The summed E-state index contributed by atoms with van der Waals surface area (Å²) in [6.45, 7) is 4.43. The Morgan fingerprint density at radius 3 is 3.00 bits per heavy atom. The summed E-state index contributed by atoms with van der Waals surface area (Å²) in [6.07, 6.45) is 6.25. The predicted molar refractivity (Wildman–Crippen MR) is 94.0 cm³/mol. The first-order valence-electron chi connectivity index (χ1n) is 8.02. The molecule has 0 radical (unpaired) electrons. The molecule has 4 rings (SSSR count). The summed E-state index contributed by atoms with van der Waals surface area (Å²) in [5, 5.41) is 4.03. The highest BCUT2D eigenvalue weighted by Crippen LogP contribution is 2.36. The smallest absolute Gasteiger partial charge is 0.228 e. The Morgan fingerprint density at radius 2 is 2.26 bits per heavy atom. The van der Waals surface area contributed by atoms with Gasteiger partial charge in [0.1, 0.15) is 0 Å². The van der Waals surface area contributed by atoms with Crippen LogP contribution in [0.3, 0.4) is 0 Å². The molecule has 7 heteroatoms. The summed E-state index contributed by atoms with van der Waals surface area (Å²) in [6, 6.07) is 1.93. The topological polar surface area (TPSA) is 58.1 Å². The van der Waals surface area contributed by atoms with Crippen LogP contribution in [-0.4, -0.2) is 29.0 Å². The van der Waals surface area contributed by atoms with Crippen LogP contribution < -0.4 is 10.2 Å². The predicted octanol–water partition coefficient (Wildman–Crippen LogP) is 3.67. The van der Waals surface area contributed by atoms with Gasteiger partial charge in [-0.25, -0.2) is 9.97 Å². The van der Waals surface area contributed by atoms with Crippen LogP contribution in [0, 0.1) is 11.8 Å². The molecule has 1 amide bonds. The lowest BCUT2D eigenvalue weighted by Crippen LogP contribution is -2.34. The first kappa shape index (κ1) is 16.1. The highest BCUT2D eigenvalue weighted by molar-refractivity contribution is 7.22. The molecular formula is C16H23FN4OS. The molecule has 0 bridgehead atoms. The van der Waals surface area contributed by atoms with Crippen molar-refractivity contribution in [2.75, 3.05) is 23.3 Å². The number of nitrogens with one attached hydrogen (secondary N) is 1. The fourth-order valence-corrected chi connectivity index (χ4v) is 4.04. The van der Waals surface area contributed by atoms with Crippen molar-refractivity contribution >= 4 is 38.4 Å². The van der Waals surface area contributed by atoms with Crippen molar-refractivity contribution in [2.45, 2.75) is 32.6 Å². The highest BCUT2D eigenvalue weighted by Gasteiger charge is 2.30. The van der Waals surface area contributed by atoms with Crippen LogP contribution >= 0.6 is 11.3 Å². The van der Waals surface area contributed by atoms with E-state index in [-0.39, 0.29) is 18.0 Å². The average molecular weight is 338 g/mol. The molecular weight excluding hydrogens is 315 g/mol. The van der Waals surface area contributed by atoms with E-state index in [0.29, 0.717) is 11.7 Å². The van der Waals surface area contributed by atoms with Crippen LogP contribution in [0.5, 0.6) is 0 Å². The van der Waals surface area contributed by atoms with E-state index in [2.05, 4.69) is 22.1 Å². The Hall–Kier alpha value is -1.76.